The van der Waals surface area contributed by atoms with Gasteiger partial charge in [-0.2, -0.15) is 0 Å². The molecule has 0 aliphatic heterocycles. The molecule has 0 aromatic carbocycles. The lowest BCUT2D eigenvalue weighted by Gasteiger charge is -2.01. The van der Waals surface area contributed by atoms with Crippen LogP contribution in [0.3, 0.4) is 0 Å². The van der Waals surface area contributed by atoms with Crippen LogP contribution in [0, 0.1) is 6.92 Å². The van der Waals surface area contributed by atoms with Crippen LogP contribution >= 0.6 is 34.7 Å². The second kappa shape index (κ2) is 5.69. The van der Waals surface area contributed by atoms with Crippen molar-refractivity contribution in [3.05, 3.63) is 33.1 Å². The Morgan fingerprint density at radius 1 is 1.50 bits per heavy atom. The summed E-state index contributed by atoms with van der Waals surface area (Å²) in [7, 11) is 0. The third kappa shape index (κ3) is 3.44. The number of hydrogen-bond acceptors (Lipinski definition) is 6. The second-order valence-corrected chi connectivity index (χ2v) is 6.19. The maximum absolute atomic E-state index is 11.8. The van der Waals surface area contributed by atoms with Crippen molar-refractivity contribution in [2.24, 2.45) is 0 Å². The normalized spacial score (nSPS) is 10.6. The fraction of sp³-hybridized carbons (Fsp3) is 0.182. The number of thiophene rings is 1. The first-order valence-corrected chi connectivity index (χ1v) is 7.25. The fourth-order valence-corrected chi connectivity index (χ4v) is 3.16. The van der Waals surface area contributed by atoms with E-state index in [-0.39, 0.29) is 11.5 Å². The van der Waals surface area contributed by atoms with Gasteiger partial charge in [0, 0.05) is 11.8 Å². The van der Waals surface area contributed by atoms with Gasteiger partial charge >= 0.3 is 0 Å². The van der Waals surface area contributed by atoms with E-state index in [1.54, 1.807) is 18.2 Å². The first-order valence-electron chi connectivity index (χ1n) is 5.07. The molecule has 4 nitrogen and oxygen atoms in total. The van der Waals surface area contributed by atoms with Crippen molar-refractivity contribution in [3.8, 4) is 0 Å². The Morgan fingerprint density at radius 3 is 2.89 bits per heavy atom. The summed E-state index contributed by atoms with van der Waals surface area (Å²) in [5.74, 6) is 0.705. The van der Waals surface area contributed by atoms with Gasteiger partial charge in [-0.3, -0.25) is 4.79 Å². The summed E-state index contributed by atoms with van der Waals surface area (Å²) in [5.41, 5.74) is 6.40. The minimum atomic E-state index is 0.0144. The second-order valence-electron chi connectivity index (χ2n) is 3.53. The summed E-state index contributed by atoms with van der Waals surface area (Å²) >= 11 is 8.33. The van der Waals surface area contributed by atoms with Gasteiger partial charge in [0.15, 0.2) is 10.9 Å². The SMILES string of the molecule is Cc1cc(N)nc(SCC(=O)c2ccc(Cl)s2)n1. The van der Waals surface area contributed by atoms with Crippen LogP contribution in [0.15, 0.2) is 23.4 Å². The van der Waals surface area contributed by atoms with Gasteiger partial charge < -0.3 is 5.73 Å². The summed E-state index contributed by atoms with van der Waals surface area (Å²) < 4.78 is 0.611. The maximum atomic E-state index is 11.8. The number of aryl methyl sites for hydroxylation is 1. The van der Waals surface area contributed by atoms with Gasteiger partial charge in [0.2, 0.25) is 0 Å². The van der Waals surface area contributed by atoms with E-state index >= 15 is 0 Å². The number of halogens is 1. The molecule has 94 valence electrons. The Morgan fingerprint density at radius 2 is 2.28 bits per heavy atom. The number of thioether (sulfide) groups is 1. The van der Waals surface area contributed by atoms with Crippen LogP contribution in [-0.2, 0) is 0 Å². The van der Waals surface area contributed by atoms with Gasteiger partial charge in [-0.15, -0.1) is 11.3 Å². The molecule has 0 spiro atoms. The number of nitrogen functional groups attached to an aromatic ring is 1. The molecule has 0 saturated heterocycles. The summed E-state index contributed by atoms with van der Waals surface area (Å²) in [6, 6.07) is 5.12. The van der Waals surface area contributed by atoms with Crippen molar-refractivity contribution < 1.29 is 4.79 Å². The number of anilines is 1. The maximum Gasteiger partial charge on any atom is 0.190 e. The number of rotatable bonds is 4. The first-order chi connectivity index (χ1) is 8.54. The average molecular weight is 300 g/mol. The van der Waals surface area contributed by atoms with Crippen molar-refractivity contribution >= 4 is 46.3 Å². The van der Waals surface area contributed by atoms with Crippen molar-refractivity contribution in [2.45, 2.75) is 12.1 Å². The van der Waals surface area contributed by atoms with E-state index < -0.39 is 0 Å². The number of ketones is 1. The highest BCUT2D eigenvalue weighted by molar-refractivity contribution is 7.99. The molecule has 2 N–H and O–H groups in total. The third-order valence-corrected chi connectivity index (χ3v) is 4.15. The predicted molar refractivity (Wildman–Crippen MR) is 75.6 cm³/mol. The molecule has 0 aliphatic rings. The molecule has 18 heavy (non-hydrogen) atoms. The van der Waals surface area contributed by atoms with E-state index in [1.807, 2.05) is 6.92 Å². The highest BCUT2D eigenvalue weighted by atomic mass is 35.5. The van der Waals surface area contributed by atoms with E-state index in [1.165, 1.54) is 23.1 Å². The smallest absolute Gasteiger partial charge is 0.190 e. The minimum absolute atomic E-state index is 0.0144. The van der Waals surface area contributed by atoms with E-state index in [0.29, 0.717) is 20.2 Å². The lowest BCUT2D eigenvalue weighted by molar-refractivity contribution is 0.102. The van der Waals surface area contributed by atoms with Crippen molar-refractivity contribution in [2.75, 3.05) is 11.5 Å². The van der Waals surface area contributed by atoms with Crippen molar-refractivity contribution in [1.82, 2.24) is 9.97 Å². The Balaban J connectivity index is 2.01. The van der Waals surface area contributed by atoms with Crippen LogP contribution < -0.4 is 5.73 Å². The molecule has 7 heteroatoms. The Kier molecular flexibility index (Phi) is 4.21. The topological polar surface area (TPSA) is 68.9 Å². The van der Waals surface area contributed by atoms with E-state index in [9.17, 15) is 4.79 Å². The van der Waals surface area contributed by atoms with Crippen molar-refractivity contribution in [3.63, 3.8) is 0 Å². The van der Waals surface area contributed by atoms with Gasteiger partial charge in [0.25, 0.3) is 0 Å². The van der Waals surface area contributed by atoms with Gasteiger partial charge in [-0.05, 0) is 19.1 Å². The molecule has 0 unspecified atom stereocenters. The largest absolute Gasteiger partial charge is 0.384 e. The van der Waals surface area contributed by atoms with Crippen LogP contribution in [-0.4, -0.2) is 21.5 Å². The molecule has 2 aromatic heterocycles. The molecule has 2 heterocycles. The quantitative estimate of drug-likeness (QED) is 0.534. The molecule has 0 amide bonds. The molecule has 0 atom stereocenters. The lowest BCUT2D eigenvalue weighted by atomic mass is 10.4. The van der Waals surface area contributed by atoms with E-state index in [4.69, 9.17) is 17.3 Å². The number of carbonyl (C=O) groups excluding carboxylic acids is 1. The fourth-order valence-electron chi connectivity index (χ4n) is 1.29. The number of hydrogen-bond donors (Lipinski definition) is 1. The summed E-state index contributed by atoms with van der Waals surface area (Å²) in [4.78, 5) is 20.8. The summed E-state index contributed by atoms with van der Waals surface area (Å²) in [6.45, 7) is 1.84. The van der Waals surface area contributed by atoms with E-state index in [2.05, 4.69) is 9.97 Å². The average Bonchev–Trinajstić information content (AvgIpc) is 2.71. The van der Waals surface area contributed by atoms with Gasteiger partial charge in [-0.1, -0.05) is 23.4 Å². The van der Waals surface area contributed by atoms with Crippen LogP contribution in [0.2, 0.25) is 4.34 Å². The van der Waals surface area contributed by atoms with Crippen LogP contribution in [0.4, 0.5) is 5.82 Å². The zero-order valence-corrected chi connectivity index (χ0v) is 11.9. The first kappa shape index (κ1) is 13.3. The minimum Gasteiger partial charge on any atom is -0.384 e. The third-order valence-electron chi connectivity index (χ3n) is 2.03. The molecular formula is C11H10ClN3OS2. The number of nitrogens with two attached hydrogens (primary N) is 1. The summed E-state index contributed by atoms with van der Waals surface area (Å²) in [5, 5.41) is 0.517. The molecule has 0 aliphatic carbocycles. The van der Waals surface area contributed by atoms with Gasteiger partial charge in [0.05, 0.1) is 15.0 Å². The van der Waals surface area contributed by atoms with E-state index in [0.717, 1.165) is 5.69 Å². The molecule has 2 aromatic rings. The predicted octanol–water partition coefficient (Wildman–Crippen LogP) is 3.06. The Bertz CT molecular complexity index is 565. The van der Waals surface area contributed by atoms with Crippen LogP contribution in [0.25, 0.3) is 0 Å². The molecule has 0 bridgehead atoms. The number of Topliss-reactive ketones (excluding diaryl/α,β-unsaturated/α-hetero) is 1. The van der Waals surface area contributed by atoms with Crippen LogP contribution in [0.1, 0.15) is 15.4 Å². The van der Waals surface area contributed by atoms with Crippen molar-refractivity contribution in [1.29, 1.82) is 0 Å². The molecule has 0 radical (unpaired) electrons. The summed E-state index contributed by atoms with van der Waals surface area (Å²) in [6.07, 6.45) is 0. The van der Waals surface area contributed by atoms with Crippen LogP contribution in [0.5, 0.6) is 0 Å². The monoisotopic (exact) mass is 299 g/mol. The molecule has 0 fully saturated rings. The standard InChI is InChI=1S/C11H10ClN3OS2/c1-6-4-10(13)15-11(14-6)17-5-7(16)8-2-3-9(12)18-8/h2-4H,5H2,1H3,(H2,13,14,15). The van der Waals surface area contributed by atoms with Gasteiger partial charge in [0.1, 0.15) is 5.82 Å². The zero-order chi connectivity index (χ0) is 13.1. The molecular weight excluding hydrogens is 290 g/mol. The number of aromatic nitrogens is 2. The highest BCUT2D eigenvalue weighted by Crippen LogP contribution is 2.24. The Labute approximate surface area is 118 Å². The Hall–Kier alpha value is -1.11. The number of nitrogens with zero attached hydrogens (tertiary/aromatic N) is 2. The van der Waals surface area contributed by atoms with Gasteiger partial charge in [-0.25, -0.2) is 9.97 Å². The molecule has 0 saturated carbocycles. The molecule has 2 rings (SSSR count). The lowest BCUT2D eigenvalue weighted by Crippen LogP contribution is -2.02. The zero-order valence-electron chi connectivity index (χ0n) is 9.51. The highest BCUT2D eigenvalue weighted by Gasteiger charge is 2.11. The number of carbonyl (C=O) groups is 1.